The second kappa shape index (κ2) is 7.07. The van der Waals surface area contributed by atoms with Gasteiger partial charge in [-0.25, -0.2) is 4.79 Å². The Kier molecular flexibility index (Phi) is 5.15. The highest BCUT2D eigenvalue weighted by Crippen LogP contribution is 2.09. The van der Waals surface area contributed by atoms with Crippen LogP contribution in [0.2, 0.25) is 0 Å². The number of nitrogens with zero attached hydrogens (tertiary/aromatic N) is 4. The van der Waals surface area contributed by atoms with Crippen molar-refractivity contribution in [2.24, 2.45) is 0 Å². The van der Waals surface area contributed by atoms with E-state index in [0.29, 0.717) is 31.9 Å². The minimum atomic E-state index is -0.833. The number of hydrogen-bond donors (Lipinski definition) is 2. The Bertz CT molecular complexity index is 502. The summed E-state index contributed by atoms with van der Waals surface area (Å²) in [6.45, 7) is 5.19. The van der Waals surface area contributed by atoms with Crippen molar-refractivity contribution < 1.29 is 14.7 Å². The van der Waals surface area contributed by atoms with Gasteiger partial charge in [-0.1, -0.05) is 0 Å². The molecular weight excluding hydrogens is 274 g/mol. The number of urea groups is 1. The van der Waals surface area contributed by atoms with Gasteiger partial charge in [0.15, 0.2) is 0 Å². The number of anilines is 1. The first-order valence-electron chi connectivity index (χ1n) is 7.11. The van der Waals surface area contributed by atoms with Crippen LogP contribution in [0.3, 0.4) is 0 Å². The van der Waals surface area contributed by atoms with Crippen molar-refractivity contribution in [1.29, 1.82) is 0 Å². The maximum Gasteiger partial charge on any atom is 0.321 e. The van der Waals surface area contributed by atoms with Gasteiger partial charge in [-0.15, -0.1) is 0 Å². The van der Waals surface area contributed by atoms with E-state index < -0.39 is 5.97 Å². The number of rotatable bonds is 4. The average Bonchev–Trinajstić information content (AvgIpc) is 2.76. The van der Waals surface area contributed by atoms with Gasteiger partial charge in [0.05, 0.1) is 18.4 Å². The number of aliphatic carboxylic acids is 1. The number of carbonyl (C=O) groups excluding carboxylic acids is 1. The van der Waals surface area contributed by atoms with Gasteiger partial charge in [0.25, 0.3) is 0 Å². The smallest absolute Gasteiger partial charge is 0.321 e. The zero-order valence-electron chi connectivity index (χ0n) is 12.2. The molecule has 1 aliphatic heterocycles. The lowest BCUT2D eigenvalue weighted by molar-refractivity contribution is -0.138. The van der Waals surface area contributed by atoms with Gasteiger partial charge in [-0.3, -0.25) is 14.4 Å². The van der Waals surface area contributed by atoms with Crippen LogP contribution in [0.1, 0.15) is 13.3 Å². The molecule has 1 fully saturated rings. The lowest BCUT2D eigenvalue weighted by Gasteiger charge is -2.21. The molecule has 2 heterocycles. The third-order valence-corrected chi connectivity index (χ3v) is 3.44. The largest absolute Gasteiger partial charge is 0.480 e. The molecule has 0 radical (unpaired) electrons. The van der Waals surface area contributed by atoms with E-state index in [1.54, 1.807) is 22.0 Å². The molecule has 8 heteroatoms. The SMILES string of the molecule is CCn1cc(NC(=O)N2CCCN(CC(=O)O)CC2)cn1. The monoisotopic (exact) mass is 295 g/mol. The number of hydrogen-bond acceptors (Lipinski definition) is 4. The topological polar surface area (TPSA) is 90.7 Å². The fourth-order valence-corrected chi connectivity index (χ4v) is 2.33. The number of aryl methyl sites for hydroxylation is 1. The van der Waals surface area contributed by atoms with Gasteiger partial charge in [0.1, 0.15) is 0 Å². The van der Waals surface area contributed by atoms with Crippen molar-refractivity contribution in [2.75, 3.05) is 38.0 Å². The summed E-state index contributed by atoms with van der Waals surface area (Å²) in [6, 6.07) is -0.164. The van der Waals surface area contributed by atoms with Crippen LogP contribution in [0.15, 0.2) is 12.4 Å². The molecule has 2 N–H and O–H groups in total. The first-order valence-corrected chi connectivity index (χ1v) is 7.11. The summed E-state index contributed by atoms with van der Waals surface area (Å²) in [5, 5.41) is 15.7. The van der Waals surface area contributed by atoms with Crippen LogP contribution in [0.4, 0.5) is 10.5 Å². The molecule has 2 rings (SSSR count). The van der Waals surface area contributed by atoms with Crippen molar-refractivity contribution in [3.8, 4) is 0 Å². The molecule has 116 valence electrons. The molecule has 2 amide bonds. The molecule has 0 spiro atoms. The Balaban J connectivity index is 1.86. The molecule has 1 aromatic rings. The first-order chi connectivity index (χ1) is 10.1. The Morgan fingerprint density at radius 1 is 1.33 bits per heavy atom. The molecular formula is C13H21N5O3. The molecule has 0 atom stereocenters. The Morgan fingerprint density at radius 3 is 2.81 bits per heavy atom. The summed E-state index contributed by atoms with van der Waals surface area (Å²) in [4.78, 5) is 26.5. The second-order valence-electron chi connectivity index (χ2n) is 5.03. The normalized spacial score (nSPS) is 16.5. The van der Waals surface area contributed by atoms with Crippen molar-refractivity contribution in [3.05, 3.63) is 12.4 Å². The number of carboxylic acid groups (broad SMARTS) is 1. The summed E-state index contributed by atoms with van der Waals surface area (Å²) in [5.74, 6) is -0.833. The lowest BCUT2D eigenvalue weighted by atomic mass is 10.4. The zero-order chi connectivity index (χ0) is 15.2. The van der Waals surface area contributed by atoms with Crippen molar-refractivity contribution in [2.45, 2.75) is 19.9 Å². The molecule has 0 unspecified atom stereocenters. The highest BCUT2D eigenvalue weighted by Gasteiger charge is 2.20. The highest BCUT2D eigenvalue weighted by atomic mass is 16.4. The Labute approximate surface area is 123 Å². The second-order valence-corrected chi connectivity index (χ2v) is 5.03. The van der Waals surface area contributed by atoms with Crippen LogP contribution in [-0.4, -0.2) is 69.4 Å². The van der Waals surface area contributed by atoms with E-state index >= 15 is 0 Å². The fourth-order valence-electron chi connectivity index (χ4n) is 2.33. The summed E-state index contributed by atoms with van der Waals surface area (Å²) in [7, 11) is 0. The third-order valence-electron chi connectivity index (χ3n) is 3.44. The molecule has 1 aliphatic rings. The van der Waals surface area contributed by atoms with Crippen molar-refractivity contribution >= 4 is 17.7 Å². The van der Waals surface area contributed by atoms with E-state index in [1.807, 2.05) is 11.8 Å². The number of aromatic nitrogens is 2. The molecule has 0 saturated carbocycles. The standard InChI is InChI=1S/C13H21N5O3/c1-2-18-9-11(8-14-18)15-13(21)17-5-3-4-16(6-7-17)10-12(19)20/h8-9H,2-7,10H2,1H3,(H,15,21)(H,19,20). The first kappa shape index (κ1) is 15.3. The quantitative estimate of drug-likeness (QED) is 0.845. The van der Waals surface area contributed by atoms with Crippen LogP contribution < -0.4 is 5.32 Å². The maximum absolute atomic E-state index is 12.2. The van der Waals surface area contributed by atoms with E-state index in [-0.39, 0.29) is 12.6 Å². The van der Waals surface area contributed by atoms with Gasteiger partial charge in [-0.05, 0) is 13.3 Å². The Hall–Kier alpha value is -2.09. The molecule has 0 bridgehead atoms. The molecule has 1 aromatic heterocycles. The van der Waals surface area contributed by atoms with Crippen LogP contribution in [0, 0.1) is 0 Å². The fraction of sp³-hybridized carbons (Fsp3) is 0.615. The average molecular weight is 295 g/mol. The minimum Gasteiger partial charge on any atom is -0.480 e. The molecule has 21 heavy (non-hydrogen) atoms. The summed E-state index contributed by atoms with van der Waals surface area (Å²) >= 11 is 0. The van der Waals surface area contributed by atoms with Gasteiger partial charge in [0.2, 0.25) is 0 Å². The predicted molar refractivity (Wildman–Crippen MR) is 77.2 cm³/mol. The molecule has 0 aliphatic carbocycles. The third kappa shape index (κ3) is 4.45. The maximum atomic E-state index is 12.2. The Morgan fingerprint density at radius 2 is 2.14 bits per heavy atom. The molecule has 1 saturated heterocycles. The minimum absolute atomic E-state index is 0.0265. The van der Waals surface area contributed by atoms with E-state index in [4.69, 9.17) is 5.11 Å². The molecule has 8 nitrogen and oxygen atoms in total. The lowest BCUT2D eigenvalue weighted by Crippen LogP contribution is -2.38. The van der Waals surface area contributed by atoms with Crippen LogP contribution >= 0.6 is 0 Å². The number of carbonyl (C=O) groups is 2. The zero-order valence-corrected chi connectivity index (χ0v) is 12.2. The predicted octanol–water partition coefficient (Wildman–Crippen LogP) is 0.527. The van der Waals surface area contributed by atoms with Crippen LogP contribution in [0.25, 0.3) is 0 Å². The van der Waals surface area contributed by atoms with Gasteiger partial charge in [0, 0.05) is 38.9 Å². The number of carboxylic acids is 1. The van der Waals surface area contributed by atoms with E-state index in [2.05, 4.69) is 10.4 Å². The van der Waals surface area contributed by atoms with Gasteiger partial charge < -0.3 is 15.3 Å². The summed E-state index contributed by atoms with van der Waals surface area (Å²) in [5.41, 5.74) is 0.675. The summed E-state index contributed by atoms with van der Waals surface area (Å²) in [6.07, 6.45) is 4.18. The van der Waals surface area contributed by atoms with Crippen LogP contribution in [0.5, 0.6) is 0 Å². The highest BCUT2D eigenvalue weighted by molar-refractivity contribution is 5.89. The van der Waals surface area contributed by atoms with E-state index in [9.17, 15) is 9.59 Å². The molecule has 0 aromatic carbocycles. The van der Waals surface area contributed by atoms with Crippen LogP contribution in [-0.2, 0) is 11.3 Å². The van der Waals surface area contributed by atoms with E-state index in [0.717, 1.165) is 13.0 Å². The number of nitrogens with one attached hydrogen (secondary N) is 1. The van der Waals surface area contributed by atoms with Gasteiger partial charge >= 0.3 is 12.0 Å². The van der Waals surface area contributed by atoms with Gasteiger partial charge in [-0.2, -0.15) is 5.10 Å². The van der Waals surface area contributed by atoms with E-state index in [1.165, 1.54) is 0 Å². The van der Waals surface area contributed by atoms with Crippen molar-refractivity contribution in [1.82, 2.24) is 19.6 Å². The number of amides is 2. The van der Waals surface area contributed by atoms with Crippen molar-refractivity contribution in [3.63, 3.8) is 0 Å². The summed E-state index contributed by atoms with van der Waals surface area (Å²) < 4.78 is 1.74.